The number of aryl methyl sites for hydroxylation is 1. The molecule has 0 aliphatic heterocycles. The van der Waals surface area contributed by atoms with E-state index >= 15 is 0 Å². The highest BCUT2D eigenvalue weighted by atomic mass is 19.1. The zero-order valence-corrected chi connectivity index (χ0v) is 12.6. The first-order valence-electron chi connectivity index (χ1n) is 6.75. The van der Waals surface area contributed by atoms with Gasteiger partial charge in [-0.15, -0.1) is 0 Å². The van der Waals surface area contributed by atoms with Gasteiger partial charge >= 0.3 is 5.69 Å². The van der Waals surface area contributed by atoms with Crippen LogP contribution in [0.1, 0.15) is 5.56 Å². The van der Waals surface area contributed by atoms with Gasteiger partial charge in [-0.2, -0.15) is 4.39 Å². The monoisotopic (exact) mass is 318 g/mol. The zero-order valence-electron chi connectivity index (χ0n) is 12.6. The molecule has 0 fully saturated rings. The van der Waals surface area contributed by atoms with Crippen LogP contribution in [0.3, 0.4) is 0 Å². The maximum atomic E-state index is 13.6. The molecule has 0 saturated heterocycles. The van der Waals surface area contributed by atoms with Crippen LogP contribution in [0.4, 0.5) is 21.6 Å². The van der Waals surface area contributed by atoms with Crippen LogP contribution in [0.15, 0.2) is 36.5 Å². The number of nitro groups is 1. The van der Waals surface area contributed by atoms with E-state index in [2.05, 4.69) is 10.3 Å². The summed E-state index contributed by atoms with van der Waals surface area (Å²) >= 11 is 0. The minimum Gasteiger partial charge on any atom is -0.360 e. The summed E-state index contributed by atoms with van der Waals surface area (Å²) in [5.74, 6) is -0.971. The standard InChI is InChI=1S/C15H15FN4O3/c1-10-6-7-17-13(8-10)18-14(21)9-19(2)12-5-3-4-11(16)15(12)20(22)23/h3-8H,9H2,1-2H3,(H,17,18,21). The maximum Gasteiger partial charge on any atom is 0.327 e. The lowest BCUT2D eigenvalue weighted by molar-refractivity contribution is -0.386. The Balaban J connectivity index is 2.13. The predicted molar refractivity (Wildman–Crippen MR) is 83.9 cm³/mol. The Morgan fingerprint density at radius 1 is 1.43 bits per heavy atom. The van der Waals surface area contributed by atoms with Gasteiger partial charge in [-0.3, -0.25) is 14.9 Å². The van der Waals surface area contributed by atoms with E-state index in [0.29, 0.717) is 5.82 Å². The second-order valence-electron chi connectivity index (χ2n) is 4.99. The van der Waals surface area contributed by atoms with Gasteiger partial charge in [-0.05, 0) is 36.8 Å². The molecular formula is C15H15FN4O3. The van der Waals surface area contributed by atoms with Crippen molar-refractivity contribution in [1.82, 2.24) is 4.98 Å². The molecule has 0 aliphatic carbocycles. The van der Waals surface area contributed by atoms with Gasteiger partial charge < -0.3 is 10.2 Å². The van der Waals surface area contributed by atoms with E-state index in [4.69, 9.17) is 0 Å². The zero-order chi connectivity index (χ0) is 17.0. The quantitative estimate of drug-likeness (QED) is 0.676. The largest absolute Gasteiger partial charge is 0.360 e. The molecular weight excluding hydrogens is 303 g/mol. The number of amides is 1. The van der Waals surface area contributed by atoms with Crippen LogP contribution >= 0.6 is 0 Å². The third-order valence-electron chi connectivity index (χ3n) is 3.12. The fourth-order valence-corrected chi connectivity index (χ4v) is 2.08. The summed E-state index contributed by atoms with van der Waals surface area (Å²) < 4.78 is 13.6. The van der Waals surface area contributed by atoms with Gasteiger partial charge in [-0.25, -0.2) is 4.98 Å². The molecule has 23 heavy (non-hydrogen) atoms. The number of hydrogen-bond acceptors (Lipinski definition) is 5. The van der Waals surface area contributed by atoms with Crippen molar-refractivity contribution in [2.75, 3.05) is 23.8 Å². The molecule has 2 rings (SSSR count). The topological polar surface area (TPSA) is 88.4 Å². The average molecular weight is 318 g/mol. The third-order valence-corrected chi connectivity index (χ3v) is 3.12. The summed E-state index contributed by atoms with van der Waals surface area (Å²) in [6, 6.07) is 7.24. The molecule has 0 unspecified atom stereocenters. The van der Waals surface area contributed by atoms with E-state index in [1.807, 2.05) is 6.92 Å². The van der Waals surface area contributed by atoms with Crippen LogP contribution in [-0.4, -0.2) is 29.4 Å². The molecule has 0 aliphatic rings. The lowest BCUT2D eigenvalue weighted by Gasteiger charge is -2.18. The van der Waals surface area contributed by atoms with Crippen LogP contribution in [0, 0.1) is 22.9 Å². The molecule has 1 heterocycles. The predicted octanol–water partition coefficient (Wildman–Crippen LogP) is 2.51. The molecule has 1 N–H and O–H groups in total. The second kappa shape index (κ2) is 6.82. The molecule has 0 saturated carbocycles. The number of hydrogen-bond donors (Lipinski definition) is 1. The number of carbonyl (C=O) groups is 1. The Kier molecular flexibility index (Phi) is 4.85. The van der Waals surface area contributed by atoms with E-state index in [-0.39, 0.29) is 12.2 Å². The number of aromatic nitrogens is 1. The Morgan fingerprint density at radius 3 is 2.83 bits per heavy atom. The Labute approximate surface area is 131 Å². The number of anilines is 2. The number of nitrogens with zero attached hydrogens (tertiary/aromatic N) is 3. The van der Waals surface area contributed by atoms with Crippen molar-refractivity contribution >= 4 is 23.1 Å². The van der Waals surface area contributed by atoms with Crippen LogP contribution in [0.5, 0.6) is 0 Å². The summed E-state index contributed by atoms with van der Waals surface area (Å²) in [5, 5.41) is 13.6. The lowest BCUT2D eigenvalue weighted by atomic mass is 10.2. The van der Waals surface area contributed by atoms with Gasteiger partial charge in [-0.1, -0.05) is 6.07 Å². The van der Waals surface area contributed by atoms with E-state index in [9.17, 15) is 19.3 Å². The van der Waals surface area contributed by atoms with E-state index in [1.54, 1.807) is 18.3 Å². The van der Waals surface area contributed by atoms with Crippen LogP contribution in [0.25, 0.3) is 0 Å². The van der Waals surface area contributed by atoms with Gasteiger partial charge in [0.05, 0.1) is 11.5 Å². The van der Waals surface area contributed by atoms with Gasteiger partial charge in [0.2, 0.25) is 11.7 Å². The van der Waals surface area contributed by atoms with Crippen LogP contribution in [-0.2, 0) is 4.79 Å². The summed E-state index contributed by atoms with van der Waals surface area (Å²) in [6.07, 6.45) is 1.56. The summed E-state index contributed by atoms with van der Waals surface area (Å²) in [6.45, 7) is 1.68. The van der Waals surface area contributed by atoms with Crippen molar-refractivity contribution in [2.24, 2.45) is 0 Å². The summed E-state index contributed by atoms with van der Waals surface area (Å²) in [4.78, 5) is 27.5. The van der Waals surface area contributed by atoms with Gasteiger partial charge in [0.1, 0.15) is 11.5 Å². The SMILES string of the molecule is Cc1ccnc(NC(=O)CN(C)c2cccc(F)c2[N+](=O)[O-])c1. The van der Waals surface area contributed by atoms with Crippen molar-refractivity contribution in [2.45, 2.75) is 6.92 Å². The molecule has 1 aromatic heterocycles. The van der Waals surface area contributed by atoms with Gasteiger partial charge in [0.15, 0.2) is 0 Å². The number of carbonyl (C=O) groups excluding carboxylic acids is 1. The lowest BCUT2D eigenvalue weighted by Crippen LogP contribution is -2.30. The number of nitro benzene ring substituents is 1. The Bertz CT molecular complexity index is 751. The van der Waals surface area contributed by atoms with E-state index in [1.165, 1.54) is 24.1 Å². The number of rotatable bonds is 5. The highest BCUT2D eigenvalue weighted by Crippen LogP contribution is 2.29. The molecule has 0 atom stereocenters. The van der Waals surface area contributed by atoms with Crippen molar-refractivity contribution in [3.05, 3.63) is 58.0 Å². The van der Waals surface area contributed by atoms with E-state index < -0.39 is 22.3 Å². The van der Waals surface area contributed by atoms with Crippen molar-refractivity contribution in [3.8, 4) is 0 Å². The first-order chi connectivity index (χ1) is 10.9. The van der Waals surface area contributed by atoms with E-state index in [0.717, 1.165) is 11.6 Å². The molecule has 2 aromatic rings. The molecule has 1 amide bonds. The van der Waals surface area contributed by atoms with Crippen LogP contribution < -0.4 is 10.2 Å². The number of nitrogens with one attached hydrogen (secondary N) is 1. The molecule has 8 heteroatoms. The number of pyridine rings is 1. The highest BCUT2D eigenvalue weighted by Gasteiger charge is 2.23. The minimum absolute atomic E-state index is 0.0300. The van der Waals surface area contributed by atoms with Gasteiger partial charge in [0.25, 0.3) is 0 Å². The highest BCUT2D eigenvalue weighted by molar-refractivity contribution is 5.93. The van der Waals surface area contributed by atoms with Gasteiger partial charge in [0, 0.05) is 13.2 Å². The van der Waals surface area contributed by atoms with Crippen molar-refractivity contribution in [1.29, 1.82) is 0 Å². The molecule has 7 nitrogen and oxygen atoms in total. The third kappa shape index (κ3) is 4.00. The number of para-hydroxylation sites is 1. The average Bonchev–Trinajstić information content (AvgIpc) is 2.46. The Hall–Kier alpha value is -3.03. The van der Waals surface area contributed by atoms with Crippen LogP contribution in [0.2, 0.25) is 0 Å². The smallest absolute Gasteiger partial charge is 0.327 e. The first kappa shape index (κ1) is 16.3. The molecule has 0 radical (unpaired) electrons. The second-order valence-corrected chi connectivity index (χ2v) is 4.99. The minimum atomic E-state index is -0.944. The number of benzene rings is 1. The number of halogens is 1. The maximum absolute atomic E-state index is 13.6. The fourth-order valence-electron chi connectivity index (χ4n) is 2.08. The van der Waals surface area contributed by atoms with Crippen molar-refractivity contribution < 1.29 is 14.1 Å². The summed E-state index contributed by atoms with van der Waals surface area (Å²) in [7, 11) is 1.48. The molecule has 0 spiro atoms. The number of likely N-dealkylation sites (N-methyl/N-ethyl adjacent to an activating group) is 1. The molecule has 1 aromatic carbocycles. The summed E-state index contributed by atoms with van der Waals surface area (Å²) in [5.41, 5.74) is 0.309. The Morgan fingerprint density at radius 2 is 2.17 bits per heavy atom. The van der Waals surface area contributed by atoms with Crippen molar-refractivity contribution in [3.63, 3.8) is 0 Å². The fraction of sp³-hybridized carbons (Fsp3) is 0.200. The normalized spacial score (nSPS) is 10.2. The molecule has 120 valence electrons. The molecule has 0 bridgehead atoms. The first-order valence-corrected chi connectivity index (χ1v) is 6.75.